The fourth-order valence-corrected chi connectivity index (χ4v) is 7.62. The van der Waals surface area contributed by atoms with E-state index < -0.39 is 0 Å². The van der Waals surface area contributed by atoms with Crippen molar-refractivity contribution in [1.82, 2.24) is 15.0 Å². The Kier molecular flexibility index (Phi) is 6.18. The first kappa shape index (κ1) is 28.7. The Hall–Kier alpha value is -7.11. The smallest absolute Gasteiger partial charge is 0.164 e. The first-order valence-electron chi connectivity index (χ1n) is 17.3. The summed E-state index contributed by atoms with van der Waals surface area (Å²) in [4.78, 5) is 15.4. The molecule has 0 unspecified atom stereocenters. The Bertz CT molecular complexity index is 3190. The van der Waals surface area contributed by atoms with Crippen molar-refractivity contribution in [3.8, 4) is 45.3 Å². The molecular weight excluding hydrogens is 639 g/mol. The SMILES string of the molecule is c1ccc(-c2nc(-c3ccc4ccc5ccccc5c4c3)nc(-c3ccc(-c4ccc5c(c4)oc4ccccc45)c4oc5ccccc5c34)n2)cc1. The Balaban J connectivity index is 1.15. The van der Waals surface area contributed by atoms with Crippen LogP contribution < -0.4 is 0 Å². The Morgan fingerprint density at radius 3 is 1.77 bits per heavy atom. The third kappa shape index (κ3) is 4.46. The van der Waals surface area contributed by atoms with Crippen LogP contribution >= 0.6 is 0 Å². The molecule has 0 amide bonds. The molecule has 8 aromatic carbocycles. The van der Waals surface area contributed by atoms with Crippen LogP contribution in [0.15, 0.2) is 173 Å². The normalized spacial score (nSPS) is 11.8. The van der Waals surface area contributed by atoms with Crippen LogP contribution in [0, 0.1) is 0 Å². The monoisotopic (exact) mass is 665 g/mol. The largest absolute Gasteiger partial charge is 0.456 e. The van der Waals surface area contributed by atoms with Crippen LogP contribution in [0.5, 0.6) is 0 Å². The van der Waals surface area contributed by atoms with Crippen molar-refractivity contribution >= 4 is 65.4 Å². The van der Waals surface area contributed by atoms with Gasteiger partial charge in [0.05, 0.1) is 0 Å². The van der Waals surface area contributed by atoms with E-state index in [9.17, 15) is 0 Å². The standard InChI is InChI=1S/C47H27N3O2/c1-2-11-30(12-3-1)45-48-46(32-21-20-29-19-18-28-10-4-5-13-33(28)39(29)26-32)50-47(49-45)38-25-24-34(44-43(38)37-15-7-9-17-41(37)52-44)31-22-23-36-35-14-6-8-16-40(35)51-42(36)27-31/h1-27H. The summed E-state index contributed by atoms with van der Waals surface area (Å²) >= 11 is 0. The number of furan rings is 2. The van der Waals surface area contributed by atoms with E-state index in [2.05, 4.69) is 97.1 Å². The van der Waals surface area contributed by atoms with Crippen LogP contribution in [0.2, 0.25) is 0 Å². The topological polar surface area (TPSA) is 65.0 Å². The number of benzene rings is 8. The molecule has 11 rings (SSSR count). The number of fused-ring (bicyclic) bond motifs is 9. The van der Waals surface area contributed by atoms with Crippen molar-refractivity contribution in [3.05, 3.63) is 164 Å². The molecule has 52 heavy (non-hydrogen) atoms. The van der Waals surface area contributed by atoms with Gasteiger partial charge in [0.1, 0.15) is 22.3 Å². The third-order valence-electron chi connectivity index (χ3n) is 10.1. The van der Waals surface area contributed by atoms with Crippen LogP contribution in [0.25, 0.3) is 111 Å². The van der Waals surface area contributed by atoms with Gasteiger partial charge in [-0.05, 0) is 69.6 Å². The number of hydrogen-bond donors (Lipinski definition) is 0. The van der Waals surface area contributed by atoms with Crippen molar-refractivity contribution < 1.29 is 8.83 Å². The fraction of sp³-hybridized carbons (Fsp3) is 0. The average molecular weight is 666 g/mol. The Morgan fingerprint density at radius 1 is 0.327 bits per heavy atom. The summed E-state index contributed by atoms with van der Waals surface area (Å²) in [5, 5.41) is 8.87. The van der Waals surface area contributed by atoms with E-state index in [1.165, 1.54) is 16.2 Å². The van der Waals surface area contributed by atoms with E-state index in [1.54, 1.807) is 0 Å². The lowest BCUT2D eigenvalue weighted by Crippen LogP contribution is -2.00. The highest BCUT2D eigenvalue weighted by atomic mass is 16.3. The highest BCUT2D eigenvalue weighted by molar-refractivity contribution is 6.16. The van der Waals surface area contributed by atoms with Gasteiger partial charge in [-0.2, -0.15) is 0 Å². The van der Waals surface area contributed by atoms with E-state index in [4.69, 9.17) is 23.8 Å². The van der Waals surface area contributed by atoms with Crippen molar-refractivity contribution in [1.29, 1.82) is 0 Å². The molecule has 242 valence electrons. The lowest BCUT2D eigenvalue weighted by Gasteiger charge is -2.12. The minimum absolute atomic E-state index is 0.581. The molecule has 0 bridgehead atoms. The first-order chi connectivity index (χ1) is 25.7. The molecular formula is C47H27N3O2. The zero-order valence-corrected chi connectivity index (χ0v) is 27.7. The van der Waals surface area contributed by atoms with Gasteiger partial charge in [0.2, 0.25) is 0 Å². The second-order valence-electron chi connectivity index (χ2n) is 13.2. The summed E-state index contributed by atoms with van der Waals surface area (Å²) in [7, 11) is 0. The van der Waals surface area contributed by atoms with Gasteiger partial charge in [-0.25, -0.2) is 15.0 Å². The minimum atomic E-state index is 0.581. The molecule has 0 aliphatic heterocycles. The maximum Gasteiger partial charge on any atom is 0.164 e. The number of hydrogen-bond acceptors (Lipinski definition) is 5. The maximum absolute atomic E-state index is 6.69. The van der Waals surface area contributed by atoms with E-state index in [0.29, 0.717) is 17.5 Å². The van der Waals surface area contributed by atoms with Gasteiger partial charge in [-0.15, -0.1) is 0 Å². The van der Waals surface area contributed by atoms with Gasteiger partial charge >= 0.3 is 0 Å². The Morgan fingerprint density at radius 2 is 0.923 bits per heavy atom. The first-order valence-corrected chi connectivity index (χ1v) is 17.3. The summed E-state index contributed by atoms with van der Waals surface area (Å²) < 4.78 is 13.0. The molecule has 3 heterocycles. The summed E-state index contributed by atoms with van der Waals surface area (Å²) in [6, 6.07) is 56.3. The zero-order chi connectivity index (χ0) is 34.2. The summed E-state index contributed by atoms with van der Waals surface area (Å²) in [5.41, 5.74) is 7.98. The molecule has 0 spiro atoms. The molecule has 5 heteroatoms. The zero-order valence-electron chi connectivity index (χ0n) is 27.7. The molecule has 0 N–H and O–H groups in total. The number of rotatable bonds is 4. The van der Waals surface area contributed by atoms with E-state index in [1.807, 2.05) is 66.7 Å². The van der Waals surface area contributed by atoms with Gasteiger partial charge in [0.25, 0.3) is 0 Å². The highest BCUT2D eigenvalue weighted by Gasteiger charge is 2.21. The lowest BCUT2D eigenvalue weighted by molar-refractivity contribution is 0.668. The third-order valence-corrected chi connectivity index (χ3v) is 10.1. The van der Waals surface area contributed by atoms with E-state index in [0.717, 1.165) is 77.1 Å². The molecule has 0 atom stereocenters. The molecule has 0 saturated heterocycles. The van der Waals surface area contributed by atoms with Crippen LogP contribution in [0.3, 0.4) is 0 Å². The predicted octanol–water partition coefficient (Wildman–Crippen LogP) is 12.6. The molecule has 3 aromatic heterocycles. The van der Waals surface area contributed by atoms with Gasteiger partial charge in [0, 0.05) is 43.8 Å². The lowest BCUT2D eigenvalue weighted by atomic mass is 9.97. The molecule has 0 aliphatic rings. The van der Waals surface area contributed by atoms with Crippen LogP contribution in [-0.2, 0) is 0 Å². The number of aromatic nitrogens is 3. The molecule has 11 aromatic rings. The predicted molar refractivity (Wildman–Crippen MR) is 211 cm³/mol. The average Bonchev–Trinajstić information content (AvgIpc) is 3.79. The van der Waals surface area contributed by atoms with Crippen molar-refractivity contribution in [2.75, 3.05) is 0 Å². The van der Waals surface area contributed by atoms with Crippen molar-refractivity contribution in [2.24, 2.45) is 0 Å². The van der Waals surface area contributed by atoms with Gasteiger partial charge in [-0.1, -0.05) is 121 Å². The summed E-state index contributed by atoms with van der Waals surface area (Å²) in [5.74, 6) is 1.80. The molecule has 0 radical (unpaired) electrons. The minimum Gasteiger partial charge on any atom is -0.456 e. The molecule has 5 nitrogen and oxygen atoms in total. The summed E-state index contributed by atoms with van der Waals surface area (Å²) in [6.45, 7) is 0. The second kappa shape index (κ2) is 11.2. The summed E-state index contributed by atoms with van der Waals surface area (Å²) in [6.07, 6.45) is 0. The second-order valence-corrected chi connectivity index (χ2v) is 13.2. The van der Waals surface area contributed by atoms with Crippen LogP contribution in [0.4, 0.5) is 0 Å². The Labute approximate surface area is 297 Å². The van der Waals surface area contributed by atoms with Gasteiger partial charge < -0.3 is 8.83 Å². The van der Waals surface area contributed by atoms with Crippen molar-refractivity contribution in [2.45, 2.75) is 0 Å². The quantitative estimate of drug-likeness (QED) is 0.175. The molecule has 0 aliphatic carbocycles. The number of nitrogens with zero attached hydrogens (tertiary/aromatic N) is 3. The molecule has 0 saturated carbocycles. The maximum atomic E-state index is 6.69. The molecule has 0 fully saturated rings. The van der Waals surface area contributed by atoms with Crippen LogP contribution in [-0.4, -0.2) is 15.0 Å². The van der Waals surface area contributed by atoms with Crippen molar-refractivity contribution in [3.63, 3.8) is 0 Å². The highest BCUT2D eigenvalue weighted by Crippen LogP contribution is 2.43. The van der Waals surface area contributed by atoms with E-state index in [-0.39, 0.29) is 0 Å². The van der Waals surface area contributed by atoms with Crippen LogP contribution in [0.1, 0.15) is 0 Å². The van der Waals surface area contributed by atoms with Gasteiger partial charge in [-0.3, -0.25) is 0 Å². The number of para-hydroxylation sites is 2. The van der Waals surface area contributed by atoms with Gasteiger partial charge in [0.15, 0.2) is 17.5 Å². The van der Waals surface area contributed by atoms with E-state index >= 15 is 0 Å². The fourth-order valence-electron chi connectivity index (χ4n) is 7.62.